The molecule has 1 heterocycles. The molecule has 4 aromatic rings. The van der Waals surface area contributed by atoms with Crippen molar-refractivity contribution in [2.45, 2.75) is 13.0 Å². The highest BCUT2D eigenvalue weighted by molar-refractivity contribution is 5.94. The molecule has 43 heavy (non-hydrogen) atoms. The number of hydrogen-bond donors (Lipinski definition) is 4. The molecule has 0 aliphatic rings. The van der Waals surface area contributed by atoms with E-state index < -0.39 is 0 Å². The average Bonchev–Trinajstić information content (AvgIpc) is 3.05. The van der Waals surface area contributed by atoms with Crippen molar-refractivity contribution in [3.63, 3.8) is 0 Å². The van der Waals surface area contributed by atoms with Crippen molar-refractivity contribution in [2.75, 3.05) is 69.1 Å². The molecule has 0 atom stereocenters. The number of ether oxygens (including phenoxy) is 3. The fourth-order valence-corrected chi connectivity index (χ4v) is 4.03. The maximum absolute atomic E-state index is 12.0. The third-order valence-electron chi connectivity index (χ3n) is 6.23. The van der Waals surface area contributed by atoms with Gasteiger partial charge in [-0.3, -0.25) is 4.79 Å². The monoisotopic (exact) mass is 585 g/mol. The van der Waals surface area contributed by atoms with Crippen LogP contribution in [0.15, 0.2) is 84.9 Å². The summed E-state index contributed by atoms with van der Waals surface area (Å²) >= 11 is 0. The molecule has 0 unspecified atom stereocenters. The summed E-state index contributed by atoms with van der Waals surface area (Å²) in [6, 6.07) is 27.2. The highest BCUT2D eigenvalue weighted by atomic mass is 16.5. The molecule has 0 spiro atoms. The summed E-state index contributed by atoms with van der Waals surface area (Å²) in [7, 11) is 1.65. The summed E-state index contributed by atoms with van der Waals surface area (Å²) in [6.07, 6.45) is 0.844. The van der Waals surface area contributed by atoms with Crippen LogP contribution in [0.25, 0.3) is 0 Å². The maximum atomic E-state index is 12.0. The predicted octanol–water partition coefficient (Wildman–Crippen LogP) is 4.02. The standard InChI is InChI=1S/C32H39N7O4/c1-41-28-14-8-11-26(23-28)24-36-32-38-30(34-16-15-25-9-4-2-5-10-25)37-31(39-32)35-18-20-43-22-21-42-19-17-33-29(40)27-12-6-3-7-13-27/h2-14,23H,15-22,24H2,1H3,(H,33,40)(H3,34,35,36,37,38,39). The van der Waals surface area contributed by atoms with Crippen LogP contribution in [0.1, 0.15) is 21.5 Å². The molecule has 0 radical (unpaired) electrons. The zero-order valence-corrected chi connectivity index (χ0v) is 24.4. The zero-order chi connectivity index (χ0) is 30.0. The molecule has 3 aromatic carbocycles. The van der Waals surface area contributed by atoms with E-state index in [2.05, 4.69) is 48.4 Å². The lowest BCUT2D eigenvalue weighted by atomic mass is 10.1. The number of rotatable bonds is 19. The van der Waals surface area contributed by atoms with Gasteiger partial charge in [0, 0.05) is 31.7 Å². The van der Waals surface area contributed by atoms with Gasteiger partial charge >= 0.3 is 0 Å². The van der Waals surface area contributed by atoms with Crippen LogP contribution in [0.2, 0.25) is 0 Å². The molecule has 4 rings (SSSR count). The van der Waals surface area contributed by atoms with Gasteiger partial charge in [0.1, 0.15) is 5.75 Å². The lowest BCUT2D eigenvalue weighted by molar-refractivity contribution is 0.0519. The molecule has 226 valence electrons. The van der Waals surface area contributed by atoms with Crippen LogP contribution in [-0.2, 0) is 22.4 Å². The number of benzene rings is 3. The summed E-state index contributed by atoms with van der Waals surface area (Å²) in [6.45, 7) is 3.89. The predicted molar refractivity (Wildman–Crippen MR) is 168 cm³/mol. The number of nitrogens with zero attached hydrogens (tertiary/aromatic N) is 3. The number of carbonyl (C=O) groups is 1. The third kappa shape index (κ3) is 11.6. The first kappa shape index (κ1) is 31.2. The molecule has 0 fully saturated rings. The van der Waals surface area contributed by atoms with Gasteiger partial charge in [-0.1, -0.05) is 60.7 Å². The smallest absolute Gasteiger partial charge is 0.251 e. The van der Waals surface area contributed by atoms with E-state index in [0.717, 1.165) is 17.7 Å². The number of anilines is 3. The fraction of sp³-hybridized carbons (Fsp3) is 0.312. The molecule has 1 amide bonds. The van der Waals surface area contributed by atoms with Crippen molar-refractivity contribution in [1.82, 2.24) is 20.3 Å². The van der Waals surface area contributed by atoms with Gasteiger partial charge in [0.05, 0.1) is 33.5 Å². The Hall–Kier alpha value is -4.74. The van der Waals surface area contributed by atoms with Gasteiger partial charge in [-0.2, -0.15) is 15.0 Å². The Kier molecular flexibility index (Phi) is 13.0. The number of nitrogens with one attached hydrogen (secondary N) is 4. The largest absolute Gasteiger partial charge is 0.497 e. The summed E-state index contributed by atoms with van der Waals surface area (Å²) in [5.74, 6) is 2.06. The first-order valence-corrected chi connectivity index (χ1v) is 14.3. The molecular formula is C32H39N7O4. The van der Waals surface area contributed by atoms with Gasteiger partial charge in [-0.25, -0.2) is 0 Å². The van der Waals surface area contributed by atoms with Gasteiger partial charge in [0.2, 0.25) is 17.8 Å². The van der Waals surface area contributed by atoms with E-state index in [1.807, 2.05) is 60.7 Å². The van der Waals surface area contributed by atoms with Crippen LogP contribution < -0.4 is 26.0 Å². The first-order valence-electron chi connectivity index (χ1n) is 14.3. The van der Waals surface area contributed by atoms with E-state index in [1.54, 1.807) is 19.2 Å². The SMILES string of the molecule is COc1cccc(CNc2nc(NCCOCCOCCNC(=O)c3ccccc3)nc(NCCc3ccccc3)n2)c1. The van der Waals surface area contributed by atoms with E-state index in [1.165, 1.54) is 5.56 Å². The van der Waals surface area contributed by atoms with Gasteiger partial charge in [-0.05, 0) is 41.8 Å². The van der Waals surface area contributed by atoms with Crippen LogP contribution in [0.3, 0.4) is 0 Å². The second kappa shape index (κ2) is 17.9. The van der Waals surface area contributed by atoms with Crippen molar-refractivity contribution >= 4 is 23.8 Å². The Bertz CT molecular complexity index is 1380. The Morgan fingerprint density at radius 1 is 0.651 bits per heavy atom. The quantitative estimate of drug-likeness (QED) is 0.120. The van der Waals surface area contributed by atoms with Crippen molar-refractivity contribution in [2.24, 2.45) is 0 Å². The Labute approximate surface area is 252 Å². The second-order valence-corrected chi connectivity index (χ2v) is 9.45. The number of aromatic nitrogens is 3. The molecule has 4 N–H and O–H groups in total. The minimum atomic E-state index is -0.113. The minimum Gasteiger partial charge on any atom is -0.497 e. The first-order chi connectivity index (χ1) is 21.2. The number of carbonyl (C=O) groups excluding carboxylic acids is 1. The van der Waals surface area contributed by atoms with E-state index in [9.17, 15) is 4.79 Å². The average molecular weight is 586 g/mol. The molecule has 11 heteroatoms. The lowest BCUT2D eigenvalue weighted by Crippen LogP contribution is -2.27. The zero-order valence-electron chi connectivity index (χ0n) is 24.4. The molecule has 11 nitrogen and oxygen atoms in total. The van der Waals surface area contributed by atoms with Gasteiger partial charge < -0.3 is 35.5 Å². The summed E-state index contributed by atoms with van der Waals surface area (Å²) in [5.41, 5.74) is 2.91. The molecule has 1 aromatic heterocycles. The molecule has 0 saturated carbocycles. The molecular weight excluding hydrogens is 546 g/mol. The van der Waals surface area contributed by atoms with Crippen molar-refractivity contribution in [3.05, 3.63) is 102 Å². The second-order valence-electron chi connectivity index (χ2n) is 9.45. The molecule has 0 saturated heterocycles. The van der Waals surface area contributed by atoms with Crippen LogP contribution in [-0.4, -0.2) is 74.0 Å². The van der Waals surface area contributed by atoms with Crippen molar-refractivity contribution in [3.8, 4) is 5.75 Å². The minimum absolute atomic E-state index is 0.113. The molecule has 0 aliphatic carbocycles. The number of amides is 1. The highest BCUT2D eigenvalue weighted by Gasteiger charge is 2.08. The Morgan fingerprint density at radius 3 is 1.95 bits per heavy atom. The van der Waals surface area contributed by atoms with Gasteiger partial charge in [0.15, 0.2) is 0 Å². The van der Waals surface area contributed by atoms with E-state index in [0.29, 0.717) is 76.0 Å². The van der Waals surface area contributed by atoms with Gasteiger partial charge in [-0.15, -0.1) is 0 Å². The van der Waals surface area contributed by atoms with E-state index >= 15 is 0 Å². The Balaban J connectivity index is 1.18. The normalized spacial score (nSPS) is 10.6. The van der Waals surface area contributed by atoms with E-state index in [-0.39, 0.29) is 5.91 Å². The van der Waals surface area contributed by atoms with Crippen LogP contribution in [0.4, 0.5) is 17.8 Å². The topological polar surface area (TPSA) is 132 Å². The number of methoxy groups -OCH3 is 1. The Morgan fingerprint density at radius 2 is 1.26 bits per heavy atom. The molecule has 0 aliphatic heterocycles. The van der Waals surface area contributed by atoms with E-state index in [4.69, 9.17) is 14.2 Å². The van der Waals surface area contributed by atoms with Crippen molar-refractivity contribution in [1.29, 1.82) is 0 Å². The van der Waals surface area contributed by atoms with Crippen LogP contribution >= 0.6 is 0 Å². The maximum Gasteiger partial charge on any atom is 0.251 e. The third-order valence-corrected chi connectivity index (χ3v) is 6.23. The highest BCUT2D eigenvalue weighted by Crippen LogP contribution is 2.15. The summed E-state index contributed by atoms with van der Waals surface area (Å²) in [4.78, 5) is 25.6. The number of hydrogen-bond acceptors (Lipinski definition) is 10. The van der Waals surface area contributed by atoms with Crippen molar-refractivity contribution < 1.29 is 19.0 Å². The molecule has 0 bridgehead atoms. The van der Waals surface area contributed by atoms with Crippen LogP contribution in [0.5, 0.6) is 5.75 Å². The fourth-order valence-electron chi connectivity index (χ4n) is 4.03. The lowest BCUT2D eigenvalue weighted by Gasteiger charge is -2.12. The van der Waals surface area contributed by atoms with Gasteiger partial charge in [0.25, 0.3) is 5.91 Å². The summed E-state index contributed by atoms with van der Waals surface area (Å²) in [5, 5.41) is 12.6. The summed E-state index contributed by atoms with van der Waals surface area (Å²) < 4.78 is 16.5. The van der Waals surface area contributed by atoms with Crippen LogP contribution in [0, 0.1) is 0 Å².